The van der Waals surface area contributed by atoms with E-state index < -0.39 is 18.0 Å². The largest absolute Gasteiger partial charge is 0.480 e. The summed E-state index contributed by atoms with van der Waals surface area (Å²) in [4.78, 5) is 18.7. The van der Waals surface area contributed by atoms with Crippen molar-refractivity contribution in [3.05, 3.63) is 0 Å². The molecule has 5 N–H and O–H groups in total. The first-order valence-corrected chi connectivity index (χ1v) is 2.74. The fourth-order valence-corrected chi connectivity index (χ4v) is 0. The third-order valence-electron chi connectivity index (χ3n) is 0.532. The minimum absolute atomic E-state index is 0.278. The third kappa shape index (κ3) is 17.7. The average molecular weight is 165 g/mol. The first kappa shape index (κ1) is 12.5. The van der Waals surface area contributed by atoms with Gasteiger partial charge in [0.15, 0.2) is 0 Å². The van der Waals surface area contributed by atoms with E-state index in [-0.39, 0.29) is 6.54 Å². The summed E-state index contributed by atoms with van der Waals surface area (Å²) in [6.45, 7) is 0.919. The highest BCUT2D eigenvalue weighted by Crippen LogP contribution is 1.73. The van der Waals surface area contributed by atoms with Gasteiger partial charge in [0.05, 0.1) is 6.54 Å². The maximum Gasteiger partial charge on any atom is 0.332 e. The van der Waals surface area contributed by atoms with Crippen LogP contribution >= 0.6 is 0 Å². The molecule has 6 heteroatoms. The first-order valence-electron chi connectivity index (χ1n) is 2.74. The molecule has 1 atom stereocenters. The van der Waals surface area contributed by atoms with Gasteiger partial charge in [0, 0.05) is 0 Å². The number of aliphatic carboxylic acids is 2. The maximum atomic E-state index is 9.45. The van der Waals surface area contributed by atoms with E-state index in [0.29, 0.717) is 0 Å². The number of nitrogens with two attached hydrogens (primary N) is 1. The summed E-state index contributed by atoms with van der Waals surface area (Å²) in [5, 5.41) is 23.4. The zero-order valence-electron chi connectivity index (χ0n) is 6.02. The van der Waals surface area contributed by atoms with Crippen LogP contribution in [0.15, 0.2) is 0 Å². The molecule has 0 saturated carbocycles. The smallest absolute Gasteiger partial charge is 0.332 e. The summed E-state index contributed by atoms with van der Waals surface area (Å²) < 4.78 is 0. The Bertz CT molecular complexity index is 133. The molecule has 6 nitrogen and oxygen atoms in total. The molecule has 66 valence electrons. The highest BCUT2D eigenvalue weighted by molar-refractivity contribution is 5.71. The van der Waals surface area contributed by atoms with E-state index in [1.807, 2.05) is 0 Å². The molecule has 0 bridgehead atoms. The fourth-order valence-electron chi connectivity index (χ4n) is 0. The minimum Gasteiger partial charge on any atom is -0.480 e. The van der Waals surface area contributed by atoms with Crippen molar-refractivity contribution >= 4 is 11.9 Å². The highest BCUT2D eigenvalue weighted by atomic mass is 16.4. The lowest BCUT2D eigenvalue weighted by Gasteiger charge is -1.89. The van der Waals surface area contributed by atoms with Crippen LogP contribution < -0.4 is 5.73 Å². The Kier molecular flexibility index (Phi) is 7.94. The molecule has 0 saturated heterocycles. The van der Waals surface area contributed by atoms with Crippen LogP contribution in [-0.2, 0) is 9.59 Å². The Morgan fingerprint density at radius 1 is 1.45 bits per heavy atom. The van der Waals surface area contributed by atoms with E-state index in [2.05, 4.69) is 5.73 Å². The fraction of sp³-hybridized carbons (Fsp3) is 0.600. The van der Waals surface area contributed by atoms with E-state index in [0.717, 1.165) is 0 Å². The second kappa shape index (κ2) is 6.97. The summed E-state index contributed by atoms with van der Waals surface area (Å²) in [7, 11) is 0. The number of rotatable bonds is 2. The van der Waals surface area contributed by atoms with Crippen molar-refractivity contribution < 1.29 is 24.9 Å². The van der Waals surface area contributed by atoms with Crippen molar-refractivity contribution in [3.63, 3.8) is 0 Å². The van der Waals surface area contributed by atoms with Crippen LogP contribution in [0.3, 0.4) is 0 Å². The second-order valence-electron chi connectivity index (χ2n) is 1.61. The molecule has 0 spiro atoms. The van der Waals surface area contributed by atoms with Crippen LogP contribution in [0.4, 0.5) is 0 Å². The van der Waals surface area contributed by atoms with Gasteiger partial charge in [-0.15, -0.1) is 0 Å². The molecule has 0 fully saturated rings. The van der Waals surface area contributed by atoms with Gasteiger partial charge in [-0.3, -0.25) is 4.79 Å². The molecule has 0 aromatic carbocycles. The maximum absolute atomic E-state index is 9.45. The number of carbonyl (C=O) groups is 2. The van der Waals surface area contributed by atoms with E-state index in [9.17, 15) is 9.59 Å². The third-order valence-corrected chi connectivity index (χ3v) is 0.532. The highest BCUT2D eigenvalue weighted by Gasteiger charge is 2.01. The molecule has 11 heavy (non-hydrogen) atoms. The molecule has 0 aliphatic carbocycles. The standard InChI is InChI=1S/C3H6O3.C2H5NO2/c1-2(4)3(5)6;3-1-2(4)5/h2,4H,1H3,(H,5,6);1,3H2,(H,4,5). The van der Waals surface area contributed by atoms with E-state index in [4.69, 9.17) is 15.3 Å². The van der Waals surface area contributed by atoms with Crippen LogP contribution in [0.5, 0.6) is 0 Å². The number of aliphatic hydroxyl groups is 1. The molecule has 0 rings (SSSR count). The van der Waals surface area contributed by atoms with Gasteiger partial charge in [0.2, 0.25) is 0 Å². The summed E-state index contributed by atoms with van der Waals surface area (Å²) in [6, 6.07) is 0. The lowest BCUT2D eigenvalue weighted by atomic mass is 10.4. The molecule has 0 aliphatic heterocycles. The number of aliphatic hydroxyl groups excluding tert-OH is 1. The van der Waals surface area contributed by atoms with Gasteiger partial charge >= 0.3 is 11.9 Å². The van der Waals surface area contributed by atoms with Crippen molar-refractivity contribution in [3.8, 4) is 0 Å². The predicted octanol–water partition coefficient (Wildman–Crippen LogP) is -1.52. The summed E-state index contributed by atoms with van der Waals surface area (Å²) in [6.07, 6.45) is -1.23. The van der Waals surface area contributed by atoms with Crippen LogP contribution in [0, 0.1) is 0 Å². The summed E-state index contributed by atoms with van der Waals surface area (Å²) in [5.74, 6) is -2.15. The lowest BCUT2D eigenvalue weighted by Crippen LogP contribution is -2.13. The quantitative estimate of drug-likeness (QED) is 0.394. The molecule has 0 radical (unpaired) electrons. The van der Waals surface area contributed by atoms with Crippen molar-refractivity contribution in [1.29, 1.82) is 0 Å². The second-order valence-corrected chi connectivity index (χ2v) is 1.61. The van der Waals surface area contributed by atoms with Gasteiger partial charge in [-0.25, -0.2) is 4.79 Å². The zero-order valence-corrected chi connectivity index (χ0v) is 6.02. The molecule has 1 unspecified atom stereocenters. The molecule has 0 amide bonds. The first-order chi connectivity index (χ1) is 4.91. The Labute approximate surface area is 63.3 Å². The molecular weight excluding hydrogens is 154 g/mol. The van der Waals surface area contributed by atoms with E-state index in [1.165, 1.54) is 6.92 Å². The van der Waals surface area contributed by atoms with Gasteiger partial charge in [-0.2, -0.15) is 0 Å². The molecule has 0 heterocycles. The summed E-state index contributed by atoms with van der Waals surface area (Å²) >= 11 is 0. The summed E-state index contributed by atoms with van der Waals surface area (Å²) in [5.41, 5.74) is 4.57. The number of carboxylic acids is 2. The van der Waals surface area contributed by atoms with Gasteiger partial charge in [-0.05, 0) is 6.92 Å². The van der Waals surface area contributed by atoms with Gasteiger partial charge in [0.25, 0.3) is 0 Å². The number of carboxylic acid groups (broad SMARTS) is 2. The lowest BCUT2D eigenvalue weighted by molar-refractivity contribution is -0.145. The van der Waals surface area contributed by atoms with E-state index in [1.54, 1.807) is 0 Å². The topological polar surface area (TPSA) is 121 Å². The normalized spacial score (nSPS) is 10.8. The van der Waals surface area contributed by atoms with Gasteiger partial charge in [0.1, 0.15) is 6.10 Å². The van der Waals surface area contributed by atoms with Crippen molar-refractivity contribution in [2.24, 2.45) is 5.73 Å². The Morgan fingerprint density at radius 3 is 1.64 bits per heavy atom. The predicted molar refractivity (Wildman–Crippen MR) is 36.0 cm³/mol. The zero-order chi connectivity index (χ0) is 9.44. The van der Waals surface area contributed by atoms with Crippen molar-refractivity contribution in [2.75, 3.05) is 6.54 Å². The Balaban J connectivity index is 0. The molecule has 0 aliphatic rings. The van der Waals surface area contributed by atoms with Crippen LogP contribution in [0.2, 0.25) is 0 Å². The van der Waals surface area contributed by atoms with E-state index >= 15 is 0 Å². The van der Waals surface area contributed by atoms with Crippen LogP contribution in [0.1, 0.15) is 6.92 Å². The SMILES string of the molecule is CC(O)C(=O)O.NCC(=O)O. The monoisotopic (exact) mass is 165 g/mol. The van der Waals surface area contributed by atoms with Crippen molar-refractivity contribution in [1.82, 2.24) is 0 Å². The molecule has 0 aromatic rings. The van der Waals surface area contributed by atoms with Crippen LogP contribution in [0.25, 0.3) is 0 Å². The minimum atomic E-state index is -1.23. The number of hydrogen-bond donors (Lipinski definition) is 4. The van der Waals surface area contributed by atoms with Gasteiger partial charge in [-0.1, -0.05) is 0 Å². The Hall–Kier alpha value is -1.14. The average Bonchev–Trinajstić information content (AvgIpc) is 1.89. The van der Waals surface area contributed by atoms with Crippen LogP contribution in [-0.4, -0.2) is 39.9 Å². The van der Waals surface area contributed by atoms with Gasteiger partial charge < -0.3 is 21.1 Å². The Morgan fingerprint density at radius 2 is 1.64 bits per heavy atom. The number of hydrogen-bond acceptors (Lipinski definition) is 4. The molecular formula is C5H11NO5. The molecule has 0 aromatic heterocycles. The van der Waals surface area contributed by atoms with Crippen molar-refractivity contribution in [2.45, 2.75) is 13.0 Å².